The Labute approximate surface area is 195 Å². The fourth-order valence-corrected chi connectivity index (χ4v) is 5.07. The highest BCUT2D eigenvalue weighted by Crippen LogP contribution is 2.33. The number of carbonyl (C=O) groups excluding carboxylic acids is 1. The molecule has 0 fully saturated rings. The fourth-order valence-electron chi connectivity index (χ4n) is 3.27. The van der Waals surface area contributed by atoms with E-state index in [1.54, 1.807) is 24.3 Å². The molecule has 0 saturated carbocycles. The number of nitrogens with zero attached hydrogens (tertiary/aromatic N) is 1. The third-order valence-corrected chi connectivity index (χ3v) is 7.06. The molecule has 4 rings (SSSR count). The number of fused-ring (bicyclic) bond motifs is 1. The highest BCUT2D eigenvalue weighted by atomic mass is 79.9. The molecule has 0 aromatic heterocycles. The molecule has 7 nitrogen and oxygen atoms in total. The summed E-state index contributed by atoms with van der Waals surface area (Å²) in [5.74, 6) is 0.424. The lowest BCUT2D eigenvalue weighted by Crippen LogP contribution is -2.37. The average molecular weight is 517 g/mol. The van der Waals surface area contributed by atoms with E-state index in [4.69, 9.17) is 9.47 Å². The SMILES string of the molecule is O=C(CN(Cc1ccccc1)S(=O)(=O)c1ccc2c(c1)OCCO2)Nc1cccc(Br)c1. The van der Waals surface area contributed by atoms with Crippen LogP contribution in [-0.4, -0.2) is 38.4 Å². The molecule has 0 spiro atoms. The lowest BCUT2D eigenvalue weighted by molar-refractivity contribution is -0.116. The van der Waals surface area contributed by atoms with Crippen molar-refractivity contribution >= 4 is 37.5 Å². The Bertz CT molecular complexity index is 1220. The van der Waals surface area contributed by atoms with Crippen LogP contribution in [0.4, 0.5) is 5.69 Å². The summed E-state index contributed by atoms with van der Waals surface area (Å²) in [6, 6.07) is 20.7. The van der Waals surface area contributed by atoms with Crippen LogP contribution in [0.3, 0.4) is 0 Å². The van der Waals surface area contributed by atoms with Crippen molar-refractivity contribution in [3.05, 3.63) is 82.8 Å². The van der Waals surface area contributed by atoms with Crippen LogP contribution >= 0.6 is 15.9 Å². The van der Waals surface area contributed by atoms with E-state index in [1.165, 1.54) is 12.1 Å². The van der Waals surface area contributed by atoms with Crippen molar-refractivity contribution in [3.8, 4) is 11.5 Å². The predicted octanol–water partition coefficient (Wildman–Crippen LogP) is 4.05. The van der Waals surface area contributed by atoms with E-state index in [1.807, 2.05) is 36.4 Å². The number of carbonyl (C=O) groups is 1. The van der Waals surface area contributed by atoms with Crippen molar-refractivity contribution in [2.24, 2.45) is 0 Å². The van der Waals surface area contributed by atoms with E-state index in [-0.39, 0.29) is 18.0 Å². The molecule has 0 unspecified atom stereocenters. The summed E-state index contributed by atoms with van der Waals surface area (Å²) < 4.78 is 40.0. The van der Waals surface area contributed by atoms with Gasteiger partial charge in [0.15, 0.2) is 11.5 Å². The number of hydrogen-bond donors (Lipinski definition) is 1. The minimum absolute atomic E-state index is 0.0351. The summed E-state index contributed by atoms with van der Waals surface area (Å²) in [5.41, 5.74) is 1.34. The van der Waals surface area contributed by atoms with Crippen molar-refractivity contribution in [3.63, 3.8) is 0 Å². The first-order valence-corrected chi connectivity index (χ1v) is 12.1. The molecule has 3 aromatic rings. The lowest BCUT2D eigenvalue weighted by atomic mass is 10.2. The molecule has 9 heteroatoms. The van der Waals surface area contributed by atoms with Crippen LogP contribution in [0.15, 0.2) is 82.2 Å². The molecule has 0 aliphatic carbocycles. The van der Waals surface area contributed by atoms with Gasteiger partial charge in [0.05, 0.1) is 11.4 Å². The Kier molecular flexibility index (Phi) is 6.78. The van der Waals surface area contributed by atoms with Crippen molar-refractivity contribution in [2.45, 2.75) is 11.4 Å². The van der Waals surface area contributed by atoms with Crippen molar-refractivity contribution in [1.29, 1.82) is 0 Å². The van der Waals surface area contributed by atoms with Crippen molar-refractivity contribution in [1.82, 2.24) is 4.31 Å². The molecule has 0 bridgehead atoms. The molecule has 1 heterocycles. The van der Waals surface area contributed by atoms with Gasteiger partial charge in [-0.15, -0.1) is 0 Å². The Balaban J connectivity index is 1.61. The summed E-state index contributed by atoms with van der Waals surface area (Å²) in [6.45, 7) is 0.454. The summed E-state index contributed by atoms with van der Waals surface area (Å²) in [6.07, 6.45) is 0. The number of anilines is 1. The zero-order valence-corrected chi connectivity index (χ0v) is 19.4. The molecular formula is C23H21BrN2O5S. The minimum atomic E-state index is -4.00. The van der Waals surface area contributed by atoms with Gasteiger partial charge in [-0.05, 0) is 35.9 Å². The van der Waals surface area contributed by atoms with Crippen LogP contribution in [0, 0.1) is 0 Å². The van der Waals surface area contributed by atoms with Gasteiger partial charge in [0.25, 0.3) is 0 Å². The second-order valence-electron chi connectivity index (χ2n) is 7.12. The molecule has 1 N–H and O–H groups in total. The number of halogens is 1. The normalized spacial score (nSPS) is 13.1. The second kappa shape index (κ2) is 9.72. The van der Waals surface area contributed by atoms with Crippen LogP contribution in [0.5, 0.6) is 11.5 Å². The first-order valence-electron chi connectivity index (χ1n) is 9.91. The average Bonchev–Trinajstić information content (AvgIpc) is 2.79. The summed E-state index contributed by atoms with van der Waals surface area (Å²) >= 11 is 3.36. The number of rotatable bonds is 7. The van der Waals surface area contributed by atoms with Crippen LogP contribution < -0.4 is 14.8 Å². The van der Waals surface area contributed by atoms with Gasteiger partial charge in [-0.1, -0.05) is 52.3 Å². The highest BCUT2D eigenvalue weighted by molar-refractivity contribution is 9.10. The molecule has 1 aliphatic rings. The standard InChI is InChI=1S/C23H21BrN2O5S/c24-18-7-4-8-19(13-18)25-23(27)16-26(15-17-5-2-1-3-6-17)32(28,29)20-9-10-21-22(14-20)31-12-11-30-21/h1-10,13-14H,11-12,15-16H2,(H,25,27). The number of ether oxygens (including phenoxy) is 2. The summed E-state index contributed by atoms with van der Waals surface area (Å²) in [7, 11) is -4.00. The number of benzene rings is 3. The van der Waals surface area contributed by atoms with Crippen LogP contribution in [0.1, 0.15) is 5.56 Å². The number of amides is 1. The lowest BCUT2D eigenvalue weighted by Gasteiger charge is -2.24. The molecule has 0 saturated heterocycles. The quantitative estimate of drug-likeness (QED) is 0.511. The van der Waals surface area contributed by atoms with Gasteiger partial charge >= 0.3 is 0 Å². The van der Waals surface area contributed by atoms with Crippen molar-refractivity contribution in [2.75, 3.05) is 25.1 Å². The van der Waals surface area contributed by atoms with E-state index in [9.17, 15) is 13.2 Å². The predicted molar refractivity (Wildman–Crippen MR) is 124 cm³/mol. The first kappa shape index (κ1) is 22.3. The molecule has 1 amide bonds. The number of nitrogens with one attached hydrogen (secondary N) is 1. The van der Waals surface area contributed by atoms with Gasteiger partial charge in [-0.3, -0.25) is 4.79 Å². The van der Waals surface area contributed by atoms with Gasteiger partial charge < -0.3 is 14.8 Å². The maximum atomic E-state index is 13.5. The van der Waals surface area contributed by atoms with E-state index < -0.39 is 15.9 Å². The van der Waals surface area contributed by atoms with Crippen LogP contribution in [0.25, 0.3) is 0 Å². The molecule has 3 aromatic carbocycles. The smallest absolute Gasteiger partial charge is 0.243 e. The zero-order chi connectivity index (χ0) is 22.6. The highest BCUT2D eigenvalue weighted by Gasteiger charge is 2.28. The van der Waals surface area contributed by atoms with Gasteiger partial charge in [0.2, 0.25) is 15.9 Å². The third kappa shape index (κ3) is 5.29. The fraction of sp³-hybridized carbons (Fsp3) is 0.174. The number of hydrogen-bond acceptors (Lipinski definition) is 5. The Morgan fingerprint density at radius 2 is 1.69 bits per heavy atom. The Morgan fingerprint density at radius 3 is 2.44 bits per heavy atom. The monoisotopic (exact) mass is 516 g/mol. The molecule has 1 aliphatic heterocycles. The van der Waals surface area contributed by atoms with Gasteiger partial charge in [-0.2, -0.15) is 4.31 Å². The van der Waals surface area contributed by atoms with Gasteiger partial charge in [0.1, 0.15) is 13.2 Å². The van der Waals surface area contributed by atoms with E-state index in [2.05, 4.69) is 21.2 Å². The van der Waals surface area contributed by atoms with Gasteiger partial charge in [-0.25, -0.2) is 8.42 Å². The number of sulfonamides is 1. The minimum Gasteiger partial charge on any atom is -0.486 e. The molecule has 0 atom stereocenters. The van der Waals surface area contributed by atoms with Crippen LogP contribution in [0.2, 0.25) is 0 Å². The van der Waals surface area contributed by atoms with E-state index in [0.717, 1.165) is 14.3 Å². The van der Waals surface area contributed by atoms with Crippen LogP contribution in [-0.2, 0) is 21.4 Å². The molecule has 0 radical (unpaired) electrons. The maximum absolute atomic E-state index is 13.5. The van der Waals surface area contributed by atoms with E-state index >= 15 is 0 Å². The largest absolute Gasteiger partial charge is 0.486 e. The molecule has 32 heavy (non-hydrogen) atoms. The first-order chi connectivity index (χ1) is 15.4. The second-order valence-corrected chi connectivity index (χ2v) is 9.98. The molecular weight excluding hydrogens is 496 g/mol. The zero-order valence-electron chi connectivity index (χ0n) is 17.0. The Morgan fingerprint density at radius 1 is 0.938 bits per heavy atom. The summed E-state index contributed by atoms with van der Waals surface area (Å²) in [4.78, 5) is 12.8. The van der Waals surface area contributed by atoms with E-state index in [0.29, 0.717) is 30.4 Å². The maximum Gasteiger partial charge on any atom is 0.243 e. The third-order valence-electron chi connectivity index (χ3n) is 4.78. The van der Waals surface area contributed by atoms with Crippen molar-refractivity contribution < 1.29 is 22.7 Å². The Hall–Kier alpha value is -2.88. The van der Waals surface area contributed by atoms with Gasteiger partial charge in [0, 0.05) is 22.8 Å². The molecule has 166 valence electrons. The summed E-state index contributed by atoms with van der Waals surface area (Å²) in [5, 5.41) is 2.75. The topological polar surface area (TPSA) is 84.9 Å².